The van der Waals surface area contributed by atoms with Gasteiger partial charge in [-0.1, -0.05) is 0 Å². The highest BCUT2D eigenvalue weighted by atomic mass is 16.6. The van der Waals surface area contributed by atoms with Gasteiger partial charge < -0.3 is 4.74 Å². The monoisotopic (exact) mass is 261 g/mol. The number of hydrogen-bond donors (Lipinski definition) is 0. The van der Waals surface area contributed by atoms with Gasteiger partial charge in [0.15, 0.2) is 0 Å². The van der Waals surface area contributed by atoms with Crippen LogP contribution in [0.1, 0.15) is 36.0 Å². The summed E-state index contributed by atoms with van der Waals surface area (Å²) >= 11 is 0. The van der Waals surface area contributed by atoms with E-state index in [0.717, 1.165) is 18.8 Å². The average Bonchev–Trinajstić information content (AvgIpc) is 3.01. The maximum atomic E-state index is 12.0. The summed E-state index contributed by atoms with van der Waals surface area (Å²) in [5.41, 5.74) is 0.366. The van der Waals surface area contributed by atoms with Crippen LogP contribution in [0.3, 0.4) is 0 Å². The van der Waals surface area contributed by atoms with Gasteiger partial charge in [0, 0.05) is 12.1 Å². The predicted molar refractivity (Wildman–Crippen MR) is 67.7 cm³/mol. The molecule has 2 fully saturated rings. The van der Waals surface area contributed by atoms with Crippen molar-refractivity contribution in [1.29, 1.82) is 0 Å². The van der Waals surface area contributed by atoms with Crippen molar-refractivity contribution in [3.8, 4) is 0 Å². The van der Waals surface area contributed by atoms with Crippen LogP contribution in [0, 0.1) is 22.0 Å². The van der Waals surface area contributed by atoms with Crippen LogP contribution in [-0.4, -0.2) is 17.0 Å². The lowest BCUT2D eigenvalue weighted by molar-refractivity contribution is -0.384. The van der Waals surface area contributed by atoms with E-state index in [1.807, 2.05) is 0 Å². The lowest BCUT2D eigenvalue weighted by Crippen LogP contribution is -2.24. The third-order valence-electron chi connectivity index (χ3n) is 4.25. The highest BCUT2D eigenvalue weighted by Gasteiger charge is 2.41. The second-order valence-corrected chi connectivity index (χ2v) is 5.42. The van der Waals surface area contributed by atoms with E-state index >= 15 is 0 Å². The molecule has 0 aromatic heterocycles. The minimum Gasteiger partial charge on any atom is -0.458 e. The van der Waals surface area contributed by atoms with Crippen LogP contribution in [0.5, 0.6) is 0 Å². The number of nitro benzene ring substituents is 1. The standard InChI is InChI=1S/C14H15NO4/c16-14(10-3-5-12(6-4-10)15(17)18)19-13-8-9-1-2-11(13)7-9/h3-6,9,11,13H,1-2,7-8H2/t9-,11-,13+/m1/s1. The molecule has 0 N–H and O–H groups in total. The molecule has 3 rings (SSSR count). The number of nitrogens with zero attached hydrogens (tertiary/aromatic N) is 1. The average molecular weight is 261 g/mol. The van der Waals surface area contributed by atoms with E-state index in [2.05, 4.69) is 0 Å². The largest absolute Gasteiger partial charge is 0.458 e. The van der Waals surface area contributed by atoms with Crippen molar-refractivity contribution in [1.82, 2.24) is 0 Å². The molecule has 1 aromatic carbocycles. The smallest absolute Gasteiger partial charge is 0.338 e. The number of nitro groups is 1. The minimum absolute atomic E-state index is 0.0172. The van der Waals surface area contributed by atoms with Crippen LogP contribution in [0.2, 0.25) is 0 Å². The lowest BCUT2D eigenvalue weighted by Gasteiger charge is -2.21. The van der Waals surface area contributed by atoms with E-state index < -0.39 is 4.92 Å². The molecule has 0 heterocycles. The molecule has 2 bridgehead atoms. The molecule has 5 nitrogen and oxygen atoms in total. The molecule has 3 atom stereocenters. The van der Waals surface area contributed by atoms with E-state index in [9.17, 15) is 14.9 Å². The zero-order valence-electron chi connectivity index (χ0n) is 10.5. The van der Waals surface area contributed by atoms with Gasteiger partial charge in [0.2, 0.25) is 0 Å². The molecule has 0 spiro atoms. The van der Waals surface area contributed by atoms with Gasteiger partial charge in [-0.3, -0.25) is 10.1 Å². The van der Waals surface area contributed by atoms with Gasteiger partial charge in [-0.05, 0) is 49.7 Å². The van der Waals surface area contributed by atoms with Gasteiger partial charge in [0.05, 0.1) is 10.5 Å². The minimum atomic E-state index is -0.481. The summed E-state index contributed by atoms with van der Waals surface area (Å²) in [6.45, 7) is 0. The zero-order valence-corrected chi connectivity index (χ0v) is 10.5. The SMILES string of the molecule is O=C(O[C@H]1C[C@@H]2CC[C@@H]1C2)c1ccc([N+](=O)[O-])cc1. The number of esters is 1. The van der Waals surface area contributed by atoms with E-state index in [1.165, 1.54) is 37.1 Å². The molecule has 5 heteroatoms. The Kier molecular flexibility index (Phi) is 2.97. The summed E-state index contributed by atoms with van der Waals surface area (Å²) in [5.74, 6) is 0.874. The molecule has 100 valence electrons. The lowest BCUT2D eigenvalue weighted by atomic mass is 9.98. The molecule has 2 aliphatic rings. The fourth-order valence-electron chi connectivity index (χ4n) is 3.26. The first kappa shape index (κ1) is 12.1. The van der Waals surface area contributed by atoms with Gasteiger partial charge in [0.25, 0.3) is 5.69 Å². The van der Waals surface area contributed by atoms with Gasteiger partial charge in [-0.2, -0.15) is 0 Å². The number of fused-ring (bicyclic) bond motifs is 2. The number of non-ortho nitro benzene ring substituents is 1. The quantitative estimate of drug-likeness (QED) is 0.476. The van der Waals surface area contributed by atoms with Crippen LogP contribution in [0.4, 0.5) is 5.69 Å². The van der Waals surface area contributed by atoms with Crippen molar-refractivity contribution in [3.05, 3.63) is 39.9 Å². The van der Waals surface area contributed by atoms with Crippen LogP contribution in [0.15, 0.2) is 24.3 Å². The van der Waals surface area contributed by atoms with Crippen molar-refractivity contribution >= 4 is 11.7 Å². The Labute approximate surface area is 110 Å². The normalized spacial score (nSPS) is 28.3. The van der Waals surface area contributed by atoms with Crippen molar-refractivity contribution in [2.24, 2.45) is 11.8 Å². The van der Waals surface area contributed by atoms with Crippen LogP contribution in [-0.2, 0) is 4.74 Å². The number of ether oxygens (including phenoxy) is 1. The third-order valence-corrected chi connectivity index (χ3v) is 4.25. The Morgan fingerprint density at radius 3 is 2.47 bits per heavy atom. The second kappa shape index (κ2) is 4.64. The van der Waals surface area contributed by atoms with E-state index in [0.29, 0.717) is 11.5 Å². The summed E-state index contributed by atoms with van der Waals surface area (Å²) in [4.78, 5) is 22.0. The molecule has 0 radical (unpaired) electrons. The number of carbonyl (C=O) groups is 1. The maximum absolute atomic E-state index is 12.0. The van der Waals surface area contributed by atoms with Crippen molar-refractivity contribution < 1.29 is 14.5 Å². The van der Waals surface area contributed by atoms with Gasteiger partial charge in [-0.15, -0.1) is 0 Å². The first-order valence-corrected chi connectivity index (χ1v) is 6.59. The molecule has 2 saturated carbocycles. The van der Waals surface area contributed by atoms with Crippen LogP contribution >= 0.6 is 0 Å². The first-order chi connectivity index (χ1) is 9.13. The third kappa shape index (κ3) is 2.32. The fourth-order valence-corrected chi connectivity index (χ4v) is 3.26. The van der Waals surface area contributed by atoms with Crippen LogP contribution < -0.4 is 0 Å². The Bertz CT molecular complexity index is 511. The highest BCUT2D eigenvalue weighted by Crippen LogP contribution is 2.46. The predicted octanol–water partition coefficient (Wildman–Crippen LogP) is 2.94. The van der Waals surface area contributed by atoms with Crippen molar-refractivity contribution in [3.63, 3.8) is 0 Å². The summed E-state index contributed by atoms with van der Waals surface area (Å²) in [5, 5.41) is 10.5. The van der Waals surface area contributed by atoms with E-state index in [4.69, 9.17) is 4.74 Å². The molecule has 0 unspecified atom stereocenters. The molecule has 2 aliphatic carbocycles. The summed E-state index contributed by atoms with van der Waals surface area (Å²) in [6.07, 6.45) is 4.61. The molecule has 1 aromatic rings. The van der Waals surface area contributed by atoms with E-state index in [1.54, 1.807) is 0 Å². The summed E-state index contributed by atoms with van der Waals surface area (Å²) in [7, 11) is 0. The second-order valence-electron chi connectivity index (χ2n) is 5.42. The fraction of sp³-hybridized carbons (Fsp3) is 0.500. The Balaban J connectivity index is 1.65. The van der Waals surface area contributed by atoms with Crippen molar-refractivity contribution in [2.75, 3.05) is 0 Å². The first-order valence-electron chi connectivity index (χ1n) is 6.59. The molecule has 0 saturated heterocycles. The highest BCUT2D eigenvalue weighted by molar-refractivity contribution is 5.89. The molecule has 19 heavy (non-hydrogen) atoms. The van der Waals surface area contributed by atoms with Crippen molar-refractivity contribution in [2.45, 2.75) is 31.8 Å². The Morgan fingerprint density at radius 1 is 1.21 bits per heavy atom. The maximum Gasteiger partial charge on any atom is 0.338 e. The molecule has 0 amide bonds. The Hall–Kier alpha value is -1.91. The zero-order chi connectivity index (χ0) is 13.4. The number of carbonyl (C=O) groups excluding carboxylic acids is 1. The summed E-state index contributed by atoms with van der Waals surface area (Å²) in [6, 6.07) is 5.57. The van der Waals surface area contributed by atoms with Gasteiger partial charge in [-0.25, -0.2) is 4.79 Å². The number of benzene rings is 1. The summed E-state index contributed by atoms with van der Waals surface area (Å²) < 4.78 is 5.52. The number of hydrogen-bond acceptors (Lipinski definition) is 4. The van der Waals surface area contributed by atoms with E-state index in [-0.39, 0.29) is 17.8 Å². The molecule has 0 aliphatic heterocycles. The topological polar surface area (TPSA) is 69.4 Å². The molecular formula is C14H15NO4. The molecular weight excluding hydrogens is 246 g/mol. The Morgan fingerprint density at radius 2 is 1.95 bits per heavy atom. The van der Waals surface area contributed by atoms with Crippen LogP contribution in [0.25, 0.3) is 0 Å². The number of rotatable bonds is 3. The van der Waals surface area contributed by atoms with Gasteiger partial charge in [0.1, 0.15) is 6.10 Å². The van der Waals surface area contributed by atoms with Gasteiger partial charge >= 0.3 is 5.97 Å².